The number of anilines is 1. The van der Waals surface area contributed by atoms with Gasteiger partial charge in [0.1, 0.15) is 5.65 Å². The molecule has 1 N–H and O–H groups in total. The van der Waals surface area contributed by atoms with Gasteiger partial charge in [-0.25, -0.2) is 13.4 Å². The summed E-state index contributed by atoms with van der Waals surface area (Å²) < 4.78 is 26.9. The molecule has 1 aromatic carbocycles. The minimum absolute atomic E-state index is 0.160. The third-order valence-electron chi connectivity index (χ3n) is 2.83. The SMILES string of the molecule is CS(=O)(=O)Nc1cccc(-n2ccc3cnc(Cl)nc32)c1. The van der Waals surface area contributed by atoms with Crippen LogP contribution in [0.5, 0.6) is 0 Å². The van der Waals surface area contributed by atoms with Crippen LogP contribution in [0, 0.1) is 0 Å². The fraction of sp³-hybridized carbons (Fsp3) is 0.0769. The van der Waals surface area contributed by atoms with Crippen LogP contribution in [0.1, 0.15) is 0 Å². The Balaban J connectivity index is 2.10. The molecule has 0 atom stereocenters. The Morgan fingerprint density at radius 2 is 2.10 bits per heavy atom. The van der Waals surface area contributed by atoms with Crippen molar-refractivity contribution in [1.29, 1.82) is 0 Å². The van der Waals surface area contributed by atoms with E-state index in [2.05, 4.69) is 14.7 Å². The molecule has 0 unspecified atom stereocenters. The highest BCUT2D eigenvalue weighted by atomic mass is 35.5. The molecular formula is C13H11ClN4O2S. The number of fused-ring (bicyclic) bond motifs is 1. The highest BCUT2D eigenvalue weighted by Crippen LogP contribution is 2.21. The molecule has 3 aromatic rings. The number of halogens is 1. The molecule has 0 spiro atoms. The minimum Gasteiger partial charge on any atom is -0.301 e. The molecule has 0 amide bonds. The number of sulfonamides is 1. The van der Waals surface area contributed by atoms with Gasteiger partial charge in [-0.3, -0.25) is 4.72 Å². The monoisotopic (exact) mass is 322 g/mol. The molecule has 2 aromatic heterocycles. The lowest BCUT2D eigenvalue weighted by molar-refractivity contribution is 0.607. The van der Waals surface area contributed by atoms with Crippen molar-refractivity contribution in [2.24, 2.45) is 0 Å². The van der Waals surface area contributed by atoms with Crippen molar-refractivity contribution >= 4 is 38.3 Å². The second kappa shape index (κ2) is 5.01. The summed E-state index contributed by atoms with van der Waals surface area (Å²) in [5, 5.41) is 1.01. The zero-order valence-corrected chi connectivity index (χ0v) is 12.6. The molecule has 0 saturated carbocycles. The van der Waals surface area contributed by atoms with Gasteiger partial charge in [-0.2, -0.15) is 4.98 Å². The summed E-state index contributed by atoms with van der Waals surface area (Å²) in [6.45, 7) is 0. The first-order valence-electron chi connectivity index (χ1n) is 6.00. The van der Waals surface area contributed by atoms with Crippen molar-refractivity contribution in [2.45, 2.75) is 0 Å². The molecule has 0 aliphatic heterocycles. The standard InChI is InChI=1S/C13H11ClN4O2S/c1-21(19,20)17-10-3-2-4-11(7-10)18-6-5-9-8-15-13(14)16-12(9)18/h2-8,17H,1H3. The average molecular weight is 323 g/mol. The number of hydrogen-bond donors (Lipinski definition) is 1. The topological polar surface area (TPSA) is 76.9 Å². The fourth-order valence-electron chi connectivity index (χ4n) is 2.04. The van der Waals surface area contributed by atoms with E-state index >= 15 is 0 Å². The van der Waals surface area contributed by atoms with Crippen molar-refractivity contribution in [1.82, 2.24) is 14.5 Å². The predicted octanol–water partition coefficient (Wildman–Crippen LogP) is 2.45. The number of benzene rings is 1. The number of rotatable bonds is 3. The van der Waals surface area contributed by atoms with Gasteiger partial charge in [0.05, 0.1) is 11.9 Å². The molecule has 8 heteroatoms. The first-order chi connectivity index (χ1) is 9.92. The Hall–Kier alpha value is -2.12. The molecule has 2 heterocycles. The zero-order chi connectivity index (χ0) is 15.0. The molecule has 0 bridgehead atoms. The largest absolute Gasteiger partial charge is 0.301 e. The maximum atomic E-state index is 11.3. The molecule has 21 heavy (non-hydrogen) atoms. The Morgan fingerprint density at radius 3 is 2.86 bits per heavy atom. The van der Waals surface area contributed by atoms with Gasteiger partial charge in [0.15, 0.2) is 0 Å². The summed E-state index contributed by atoms with van der Waals surface area (Å²) in [4.78, 5) is 8.12. The van der Waals surface area contributed by atoms with E-state index in [1.54, 1.807) is 24.4 Å². The van der Waals surface area contributed by atoms with Gasteiger partial charge in [0, 0.05) is 23.5 Å². The summed E-state index contributed by atoms with van der Waals surface area (Å²) in [6.07, 6.45) is 4.58. The van der Waals surface area contributed by atoms with E-state index in [1.165, 1.54) is 0 Å². The third-order valence-corrected chi connectivity index (χ3v) is 3.61. The van der Waals surface area contributed by atoms with Gasteiger partial charge in [0.2, 0.25) is 15.3 Å². The first-order valence-corrected chi connectivity index (χ1v) is 8.27. The summed E-state index contributed by atoms with van der Waals surface area (Å²) in [5.74, 6) is 0. The van der Waals surface area contributed by atoms with Crippen LogP contribution in [0.25, 0.3) is 16.7 Å². The van der Waals surface area contributed by atoms with E-state index in [4.69, 9.17) is 11.6 Å². The second-order valence-corrected chi connectivity index (χ2v) is 6.61. The van der Waals surface area contributed by atoms with Gasteiger partial charge >= 0.3 is 0 Å². The van der Waals surface area contributed by atoms with Crippen molar-refractivity contribution in [3.63, 3.8) is 0 Å². The van der Waals surface area contributed by atoms with Crippen LogP contribution in [-0.2, 0) is 10.0 Å². The highest BCUT2D eigenvalue weighted by molar-refractivity contribution is 7.92. The van der Waals surface area contributed by atoms with E-state index < -0.39 is 10.0 Å². The van der Waals surface area contributed by atoms with Crippen molar-refractivity contribution < 1.29 is 8.42 Å². The maximum absolute atomic E-state index is 11.3. The molecule has 0 fully saturated rings. The van der Waals surface area contributed by atoms with Crippen LogP contribution in [0.3, 0.4) is 0 Å². The van der Waals surface area contributed by atoms with Crippen molar-refractivity contribution in [3.8, 4) is 5.69 Å². The quantitative estimate of drug-likeness (QED) is 0.751. The molecule has 6 nitrogen and oxygen atoms in total. The van der Waals surface area contributed by atoms with Crippen LogP contribution < -0.4 is 4.72 Å². The normalized spacial score (nSPS) is 11.7. The van der Waals surface area contributed by atoms with Crippen molar-refractivity contribution in [3.05, 3.63) is 48.0 Å². The Labute approximate surface area is 126 Å². The minimum atomic E-state index is -3.32. The lowest BCUT2D eigenvalue weighted by Crippen LogP contribution is -2.09. The summed E-state index contributed by atoms with van der Waals surface area (Å²) in [7, 11) is -3.32. The van der Waals surface area contributed by atoms with E-state index in [0.717, 1.165) is 17.3 Å². The van der Waals surface area contributed by atoms with Crippen LogP contribution in [-0.4, -0.2) is 29.2 Å². The smallest absolute Gasteiger partial charge is 0.229 e. The lowest BCUT2D eigenvalue weighted by Gasteiger charge is -2.08. The second-order valence-electron chi connectivity index (χ2n) is 4.53. The Bertz CT molecular complexity index is 921. The molecular weight excluding hydrogens is 312 g/mol. The highest BCUT2D eigenvalue weighted by Gasteiger charge is 2.08. The van der Waals surface area contributed by atoms with Gasteiger partial charge in [-0.15, -0.1) is 0 Å². The van der Waals surface area contributed by atoms with Gasteiger partial charge < -0.3 is 4.57 Å². The Kier molecular flexibility index (Phi) is 3.30. The maximum Gasteiger partial charge on any atom is 0.229 e. The molecule has 0 saturated heterocycles. The van der Waals surface area contributed by atoms with E-state index in [9.17, 15) is 8.42 Å². The molecule has 3 rings (SSSR count). The number of nitrogens with zero attached hydrogens (tertiary/aromatic N) is 3. The molecule has 0 radical (unpaired) electrons. The summed E-state index contributed by atoms with van der Waals surface area (Å²) in [6, 6.07) is 8.87. The zero-order valence-electron chi connectivity index (χ0n) is 11.0. The van der Waals surface area contributed by atoms with Gasteiger partial charge in [0.25, 0.3) is 0 Å². The van der Waals surface area contributed by atoms with Crippen LogP contribution in [0.2, 0.25) is 5.28 Å². The summed E-state index contributed by atoms with van der Waals surface area (Å²) >= 11 is 5.83. The van der Waals surface area contributed by atoms with E-state index in [-0.39, 0.29) is 5.28 Å². The van der Waals surface area contributed by atoms with Crippen LogP contribution >= 0.6 is 11.6 Å². The average Bonchev–Trinajstić information content (AvgIpc) is 2.80. The van der Waals surface area contributed by atoms with Gasteiger partial charge in [-0.05, 0) is 35.9 Å². The molecule has 0 aliphatic rings. The number of aromatic nitrogens is 3. The predicted molar refractivity (Wildman–Crippen MR) is 82.3 cm³/mol. The van der Waals surface area contributed by atoms with Crippen LogP contribution in [0.4, 0.5) is 5.69 Å². The fourth-order valence-corrected chi connectivity index (χ4v) is 2.72. The van der Waals surface area contributed by atoms with Gasteiger partial charge in [-0.1, -0.05) is 6.07 Å². The van der Waals surface area contributed by atoms with Crippen LogP contribution in [0.15, 0.2) is 42.7 Å². The third kappa shape index (κ3) is 2.98. The van der Waals surface area contributed by atoms with E-state index in [1.807, 2.05) is 22.9 Å². The first kappa shape index (κ1) is 13.8. The molecule has 108 valence electrons. The number of nitrogens with one attached hydrogen (secondary N) is 1. The summed E-state index contributed by atoms with van der Waals surface area (Å²) in [5.41, 5.74) is 1.91. The Morgan fingerprint density at radius 1 is 1.29 bits per heavy atom. The lowest BCUT2D eigenvalue weighted by atomic mass is 10.3. The number of hydrogen-bond acceptors (Lipinski definition) is 4. The molecule has 0 aliphatic carbocycles. The van der Waals surface area contributed by atoms with Crippen molar-refractivity contribution in [2.75, 3.05) is 11.0 Å². The van der Waals surface area contributed by atoms with E-state index in [0.29, 0.717) is 11.3 Å².